The molecule has 0 aromatic rings. The van der Waals surface area contributed by atoms with Gasteiger partial charge in [0.1, 0.15) is 5.92 Å². The Morgan fingerprint density at radius 3 is 2.82 bits per heavy atom. The molecule has 0 spiro atoms. The Bertz CT molecular complexity index is 147. The summed E-state index contributed by atoms with van der Waals surface area (Å²) in [7, 11) is 0. The minimum absolute atomic E-state index is 0.234. The molecule has 1 aliphatic carbocycles. The van der Waals surface area contributed by atoms with Crippen LogP contribution in [0, 0.1) is 29.1 Å². The lowest BCUT2D eigenvalue weighted by Crippen LogP contribution is -2.15. The summed E-state index contributed by atoms with van der Waals surface area (Å²) in [4.78, 5) is 11.1. The average molecular weight is 263 g/mol. The van der Waals surface area contributed by atoms with E-state index in [1.165, 1.54) is 0 Å². The Balaban J connectivity index is 2.39. The van der Waals surface area contributed by atoms with Crippen molar-refractivity contribution >= 4 is 28.6 Å². The molecule has 0 aromatic carbocycles. The number of halogens is 1. The molecule has 0 unspecified atom stereocenters. The third-order valence-corrected chi connectivity index (χ3v) is 2.20. The maximum atomic E-state index is 11.1. The van der Waals surface area contributed by atoms with Crippen LogP contribution in [-0.2, 0) is 9.53 Å². The zero-order valence-electron chi connectivity index (χ0n) is 6.13. The van der Waals surface area contributed by atoms with Gasteiger partial charge in [0.05, 0.1) is 10.5 Å². The monoisotopic (exact) mass is 263 g/mol. The van der Waals surface area contributed by atoms with Crippen molar-refractivity contribution < 1.29 is 9.53 Å². The first-order valence-corrected chi connectivity index (χ1v) is 4.42. The van der Waals surface area contributed by atoms with Crippen LogP contribution >= 0.6 is 22.6 Å². The molecule has 1 fully saturated rings. The molecule has 0 bridgehead atoms. The van der Waals surface area contributed by atoms with Crippen LogP contribution in [-0.4, -0.2) is 12.6 Å². The first kappa shape index (κ1) is 9.29. The van der Waals surface area contributed by atoms with Crippen LogP contribution in [0.4, 0.5) is 0 Å². The Labute approximate surface area is 80.8 Å². The van der Waals surface area contributed by atoms with Gasteiger partial charge in [-0.25, -0.2) is 0 Å². The third kappa shape index (κ3) is 2.32. The van der Waals surface area contributed by atoms with E-state index in [9.17, 15) is 4.79 Å². The predicted molar refractivity (Wildman–Crippen MR) is 50.0 cm³/mol. The number of ether oxygens (including phenoxy) is 1. The molecule has 0 amide bonds. The maximum absolute atomic E-state index is 11.1. The van der Waals surface area contributed by atoms with E-state index in [0.29, 0.717) is 12.5 Å². The molecule has 1 saturated carbocycles. The average Bonchev–Trinajstić information content (AvgIpc) is 2.36. The van der Waals surface area contributed by atoms with Gasteiger partial charge in [-0.1, -0.05) is 22.6 Å². The Morgan fingerprint density at radius 1 is 1.64 bits per heavy atom. The highest BCUT2D eigenvalue weighted by atomic mass is 127. The lowest BCUT2D eigenvalue weighted by atomic mass is 10.1. The third-order valence-electron chi connectivity index (χ3n) is 1.26. The molecule has 59 valence electrons. The fraction of sp³-hybridized carbons (Fsp3) is 0.250. The molecule has 1 rings (SSSR count). The van der Waals surface area contributed by atoms with Crippen molar-refractivity contribution in [3.63, 3.8) is 0 Å². The van der Waals surface area contributed by atoms with Crippen molar-refractivity contribution in [2.75, 3.05) is 6.61 Å². The van der Waals surface area contributed by atoms with Gasteiger partial charge in [-0.15, -0.1) is 0 Å². The summed E-state index contributed by atoms with van der Waals surface area (Å²) in [5.41, 5.74) is 0. The molecule has 0 atom stereocenters. The second-order valence-electron chi connectivity index (χ2n) is 2.01. The molecule has 0 aliphatic heterocycles. The molecule has 1 aliphatic rings. The molecule has 5 radical (unpaired) electrons. The second-order valence-corrected chi connectivity index (χ2v) is 3.17. The van der Waals surface area contributed by atoms with Crippen LogP contribution in [0.5, 0.6) is 0 Å². The molecule has 0 heterocycles. The standard InChI is InChI=1S/C8H8IO2/c1-2-11-8(10)6-4-3-5-7(6)9/h3-5H,2H2,1H3. The van der Waals surface area contributed by atoms with E-state index in [0.717, 1.165) is 3.92 Å². The molecular weight excluding hydrogens is 255 g/mol. The number of carbonyl (C=O) groups is 1. The first-order chi connectivity index (χ1) is 5.25. The van der Waals surface area contributed by atoms with E-state index in [4.69, 9.17) is 4.74 Å². The van der Waals surface area contributed by atoms with Gasteiger partial charge in [0.25, 0.3) is 0 Å². The van der Waals surface area contributed by atoms with E-state index < -0.39 is 0 Å². The zero-order chi connectivity index (χ0) is 8.27. The van der Waals surface area contributed by atoms with Crippen molar-refractivity contribution in [2.24, 2.45) is 0 Å². The van der Waals surface area contributed by atoms with Crippen LogP contribution in [0.2, 0.25) is 0 Å². The highest BCUT2D eigenvalue weighted by Crippen LogP contribution is 2.38. The summed E-state index contributed by atoms with van der Waals surface area (Å²) in [5.74, 6) is 0.425. The van der Waals surface area contributed by atoms with E-state index in [2.05, 4.69) is 22.6 Å². The van der Waals surface area contributed by atoms with Gasteiger partial charge in [-0.3, -0.25) is 4.79 Å². The van der Waals surface area contributed by atoms with Crippen molar-refractivity contribution in [3.8, 4) is 0 Å². The maximum Gasteiger partial charge on any atom is 0.315 e. The minimum Gasteiger partial charge on any atom is -0.465 e. The van der Waals surface area contributed by atoms with Crippen molar-refractivity contribution in [1.29, 1.82) is 0 Å². The van der Waals surface area contributed by atoms with E-state index >= 15 is 0 Å². The first-order valence-electron chi connectivity index (χ1n) is 3.34. The molecule has 2 nitrogen and oxygen atoms in total. The second kappa shape index (κ2) is 4.28. The molecule has 0 aromatic heterocycles. The van der Waals surface area contributed by atoms with Crippen LogP contribution in [0.3, 0.4) is 0 Å². The van der Waals surface area contributed by atoms with Gasteiger partial charge in [-0.2, -0.15) is 0 Å². The summed E-state index contributed by atoms with van der Waals surface area (Å²) in [5, 5.41) is 0. The van der Waals surface area contributed by atoms with Gasteiger partial charge in [-0.05, 0) is 26.2 Å². The Morgan fingerprint density at radius 2 is 2.36 bits per heavy atom. The van der Waals surface area contributed by atoms with Crippen molar-refractivity contribution in [2.45, 2.75) is 6.92 Å². The lowest BCUT2D eigenvalue weighted by molar-refractivity contribution is -0.139. The normalized spacial score (nSPS) is 20.5. The molecule has 0 saturated heterocycles. The highest BCUT2D eigenvalue weighted by molar-refractivity contribution is 14.1. The van der Waals surface area contributed by atoms with Crippen LogP contribution in [0.1, 0.15) is 6.92 Å². The topological polar surface area (TPSA) is 26.3 Å². The summed E-state index contributed by atoms with van der Waals surface area (Å²) in [6.45, 7) is 2.23. The zero-order valence-corrected chi connectivity index (χ0v) is 8.29. The van der Waals surface area contributed by atoms with Gasteiger partial charge >= 0.3 is 5.97 Å². The van der Waals surface area contributed by atoms with Crippen LogP contribution in [0.15, 0.2) is 0 Å². The quantitative estimate of drug-likeness (QED) is 0.560. The van der Waals surface area contributed by atoms with Gasteiger partial charge < -0.3 is 4.74 Å². The minimum atomic E-state index is -0.234. The van der Waals surface area contributed by atoms with Gasteiger partial charge in [0.15, 0.2) is 0 Å². The van der Waals surface area contributed by atoms with E-state index in [1.807, 2.05) is 12.8 Å². The fourth-order valence-electron chi connectivity index (χ4n) is 0.773. The fourth-order valence-corrected chi connectivity index (χ4v) is 1.38. The van der Waals surface area contributed by atoms with Crippen molar-refractivity contribution in [3.05, 3.63) is 29.1 Å². The summed E-state index contributed by atoms with van der Waals surface area (Å²) >= 11 is 2.11. The Hall–Kier alpha value is 0.200. The number of hydrogen-bond donors (Lipinski definition) is 0. The predicted octanol–water partition coefficient (Wildman–Crippen LogP) is 1.72. The Kier molecular flexibility index (Phi) is 3.62. The lowest BCUT2D eigenvalue weighted by Gasteiger charge is -2.09. The number of rotatable bonds is 2. The van der Waals surface area contributed by atoms with Crippen LogP contribution < -0.4 is 0 Å². The number of carbonyl (C=O) groups excluding carboxylic acids is 1. The summed E-state index contributed by atoms with van der Waals surface area (Å²) in [6.07, 6.45) is 5.49. The van der Waals surface area contributed by atoms with Gasteiger partial charge in [0.2, 0.25) is 0 Å². The molecule has 0 N–H and O–H groups in total. The van der Waals surface area contributed by atoms with Gasteiger partial charge in [0, 0.05) is 0 Å². The largest absolute Gasteiger partial charge is 0.465 e. The smallest absolute Gasteiger partial charge is 0.315 e. The number of hydrogen-bond acceptors (Lipinski definition) is 2. The number of esters is 1. The summed E-state index contributed by atoms with van der Waals surface area (Å²) in [6, 6.07) is 0. The molecular formula is C8H8IO2. The summed E-state index contributed by atoms with van der Waals surface area (Å²) < 4.78 is 5.77. The molecule has 3 heteroatoms. The SMILES string of the molecule is CCOC(=O)[C]1[CH][CH][CH][C]1I. The van der Waals surface area contributed by atoms with Crippen molar-refractivity contribution in [1.82, 2.24) is 0 Å². The molecule has 11 heavy (non-hydrogen) atoms. The van der Waals surface area contributed by atoms with E-state index in [-0.39, 0.29) is 5.97 Å². The van der Waals surface area contributed by atoms with E-state index in [1.54, 1.807) is 13.3 Å². The highest BCUT2D eigenvalue weighted by Gasteiger charge is 2.34. The van der Waals surface area contributed by atoms with Crippen LogP contribution in [0.25, 0.3) is 0 Å².